The molecule has 0 aromatic heterocycles. The van der Waals surface area contributed by atoms with Crippen LogP contribution in [0.1, 0.15) is 41.3 Å². The molecule has 0 radical (unpaired) electrons. The van der Waals surface area contributed by atoms with Gasteiger partial charge >= 0.3 is 0 Å². The zero-order chi connectivity index (χ0) is 15.1. The summed E-state index contributed by atoms with van der Waals surface area (Å²) in [5.41, 5.74) is 1.67. The number of aryl methyl sites for hydroxylation is 2. The average molecular weight is 296 g/mol. The van der Waals surface area contributed by atoms with Gasteiger partial charge in [0.25, 0.3) is 5.91 Å². The topological polar surface area (TPSA) is 89.3 Å². The van der Waals surface area contributed by atoms with E-state index in [1.807, 2.05) is 6.92 Å². The minimum Gasteiger partial charge on any atom is -0.349 e. The molecule has 1 aromatic rings. The van der Waals surface area contributed by atoms with E-state index in [0.717, 1.165) is 18.4 Å². The summed E-state index contributed by atoms with van der Waals surface area (Å²) in [5.74, 6) is 0.300. The molecule has 1 unspecified atom stereocenters. The molecule has 1 atom stereocenters. The summed E-state index contributed by atoms with van der Waals surface area (Å²) in [6.45, 7) is 5.43. The highest BCUT2D eigenvalue weighted by molar-refractivity contribution is 7.89. The number of nitrogens with one attached hydrogen (secondary N) is 1. The van der Waals surface area contributed by atoms with Crippen molar-refractivity contribution in [3.05, 3.63) is 28.8 Å². The van der Waals surface area contributed by atoms with Gasteiger partial charge in [-0.1, -0.05) is 6.07 Å². The lowest BCUT2D eigenvalue weighted by Gasteiger charge is -2.15. The van der Waals surface area contributed by atoms with E-state index in [2.05, 4.69) is 5.32 Å². The molecular weight excluding hydrogens is 276 g/mol. The van der Waals surface area contributed by atoms with E-state index >= 15 is 0 Å². The highest BCUT2D eigenvalue weighted by Crippen LogP contribution is 2.32. The lowest BCUT2D eigenvalue weighted by atomic mass is 10.0. The Balaban J connectivity index is 2.33. The van der Waals surface area contributed by atoms with Gasteiger partial charge in [-0.2, -0.15) is 0 Å². The van der Waals surface area contributed by atoms with E-state index in [9.17, 15) is 13.2 Å². The van der Waals surface area contributed by atoms with Gasteiger partial charge in [0.2, 0.25) is 10.0 Å². The first-order chi connectivity index (χ1) is 9.20. The van der Waals surface area contributed by atoms with Crippen molar-refractivity contribution in [3.8, 4) is 0 Å². The zero-order valence-electron chi connectivity index (χ0n) is 11.9. The molecule has 20 heavy (non-hydrogen) atoms. The maximum atomic E-state index is 12.3. The van der Waals surface area contributed by atoms with Gasteiger partial charge in [-0.05, 0) is 56.7 Å². The summed E-state index contributed by atoms with van der Waals surface area (Å²) in [7, 11) is -3.82. The number of hydrogen-bond donors (Lipinski definition) is 2. The lowest BCUT2D eigenvalue weighted by molar-refractivity contribution is 0.0935. The molecule has 0 saturated heterocycles. The third-order valence-electron chi connectivity index (χ3n) is 3.76. The SMILES string of the molecule is Cc1cc(C)c(S(N)(=O)=O)cc1C(=O)NC(C)C1CC1. The van der Waals surface area contributed by atoms with Crippen LogP contribution in [-0.4, -0.2) is 20.4 Å². The number of nitrogens with two attached hydrogens (primary N) is 1. The van der Waals surface area contributed by atoms with Gasteiger partial charge in [-0.25, -0.2) is 13.6 Å². The molecule has 1 amide bonds. The van der Waals surface area contributed by atoms with Gasteiger partial charge < -0.3 is 5.32 Å². The van der Waals surface area contributed by atoms with Gasteiger partial charge in [0.05, 0.1) is 4.90 Å². The molecule has 2 rings (SSSR count). The third-order valence-corrected chi connectivity index (χ3v) is 4.81. The van der Waals surface area contributed by atoms with Crippen molar-refractivity contribution in [2.45, 2.75) is 44.6 Å². The molecule has 5 nitrogen and oxygen atoms in total. The number of benzene rings is 1. The van der Waals surface area contributed by atoms with E-state index in [-0.39, 0.29) is 16.8 Å². The second kappa shape index (κ2) is 5.18. The summed E-state index contributed by atoms with van der Waals surface area (Å²) in [6, 6.07) is 3.16. The standard InChI is InChI=1S/C14H20N2O3S/c1-8-6-9(2)13(20(15,18)19)7-12(8)14(17)16-10(3)11-4-5-11/h6-7,10-11H,4-5H2,1-3H3,(H,16,17)(H2,15,18,19). The quantitative estimate of drug-likeness (QED) is 0.882. The second-order valence-corrected chi connectivity index (χ2v) is 7.11. The zero-order valence-corrected chi connectivity index (χ0v) is 12.8. The molecule has 0 spiro atoms. The molecule has 110 valence electrons. The number of carbonyl (C=O) groups is 1. The van der Waals surface area contributed by atoms with Gasteiger partial charge in [-0.3, -0.25) is 4.79 Å². The van der Waals surface area contributed by atoms with E-state index in [4.69, 9.17) is 5.14 Å². The first-order valence-electron chi connectivity index (χ1n) is 6.65. The van der Waals surface area contributed by atoms with Gasteiger partial charge in [-0.15, -0.1) is 0 Å². The molecule has 6 heteroatoms. The van der Waals surface area contributed by atoms with Crippen LogP contribution in [0.2, 0.25) is 0 Å². The normalized spacial score (nSPS) is 16.8. The molecule has 1 aromatic carbocycles. The minimum atomic E-state index is -3.82. The maximum absolute atomic E-state index is 12.3. The molecule has 1 aliphatic carbocycles. The predicted octanol–water partition coefficient (Wildman–Crippen LogP) is 1.48. The highest BCUT2D eigenvalue weighted by atomic mass is 32.2. The Kier molecular flexibility index (Phi) is 3.88. The van der Waals surface area contributed by atoms with E-state index in [1.54, 1.807) is 19.9 Å². The van der Waals surface area contributed by atoms with Crippen LogP contribution in [0.15, 0.2) is 17.0 Å². The van der Waals surface area contributed by atoms with Crippen LogP contribution in [0.4, 0.5) is 0 Å². The van der Waals surface area contributed by atoms with Crippen molar-refractivity contribution in [2.24, 2.45) is 11.1 Å². The number of sulfonamides is 1. The first-order valence-corrected chi connectivity index (χ1v) is 8.19. The number of hydrogen-bond acceptors (Lipinski definition) is 3. The molecule has 1 saturated carbocycles. The Morgan fingerprint density at radius 1 is 1.30 bits per heavy atom. The molecule has 0 bridgehead atoms. The lowest BCUT2D eigenvalue weighted by Crippen LogP contribution is -2.34. The van der Waals surface area contributed by atoms with Crippen LogP contribution >= 0.6 is 0 Å². The molecule has 1 fully saturated rings. The Labute approximate surface area is 119 Å². The highest BCUT2D eigenvalue weighted by Gasteiger charge is 2.29. The van der Waals surface area contributed by atoms with Crippen LogP contribution < -0.4 is 10.5 Å². The van der Waals surface area contributed by atoms with Crippen molar-refractivity contribution in [1.82, 2.24) is 5.32 Å². The van der Waals surface area contributed by atoms with Crippen LogP contribution in [0.25, 0.3) is 0 Å². The molecule has 3 N–H and O–H groups in total. The summed E-state index contributed by atoms with van der Waals surface area (Å²) in [6.07, 6.45) is 2.27. The Morgan fingerprint density at radius 2 is 1.90 bits per heavy atom. The number of primary sulfonamides is 1. The van der Waals surface area contributed by atoms with Crippen LogP contribution in [0.5, 0.6) is 0 Å². The Bertz CT molecular complexity index is 649. The fourth-order valence-corrected chi connectivity index (χ4v) is 3.17. The van der Waals surface area contributed by atoms with Crippen LogP contribution in [0, 0.1) is 19.8 Å². The maximum Gasteiger partial charge on any atom is 0.251 e. The number of carbonyl (C=O) groups excluding carboxylic acids is 1. The number of amides is 1. The monoisotopic (exact) mass is 296 g/mol. The Hall–Kier alpha value is -1.40. The van der Waals surface area contributed by atoms with Crippen molar-refractivity contribution in [1.29, 1.82) is 0 Å². The van der Waals surface area contributed by atoms with E-state index in [1.165, 1.54) is 6.07 Å². The summed E-state index contributed by atoms with van der Waals surface area (Å²) in [4.78, 5) is 12.3. The van der Waals surface area contributed by atoms with Crippen molar-refractivity contribution < 1.29 is 13.2 Å². The van der Waals surface area contributed by atoms with Crippen molar-refractivity contribution >= 4 is 15.9 Å². The average Bonchev–Trinajstić information content (AvgIpc) is 3.10. The van der Waals surface area contributed by atoms with E-state index < -0.39 is 10.0 Å². The molecule has 0 aliphatic heterocycles. The smallest absolute Gasteiger partial charge is 0.251 e. The van der Waals surface area contributed by atoms with Crippen LogP contribution in [0.3, 0.4) is 0 Å². The van der Waals surface area contributed by atoms with E-state index in [0.29, 0.717) is 17.0 Å². The van der Waals surface area contributed by atoms with Crippen molar-refractivity contribution in [2.75, 3.05) is 0 Å². The molecule has 1 aliphatic rings. The minimum absolute atomic E-state index is 0.00678. The molecule has 0 heterocycles. The summed E-state index contributed by atoms with van der Waals surface area (Å²) < 4.78 is 23.1. The predicted molar refractivity (Wildman–Crippen MR) is 76.9 cm³/mol. The fourth-order valence-electron chi connectivity index (χ4n) is 2.38. The first kappa shape index (κ1) is 15.0. The number of rotatable bonds is 4. The van der Waals surface area contributed by atoms with Crippen molar-refractivity contribution in [3.63, 3.8) is 0 Å². The van der Waals surface area contributed by atoms with Gasteiger partial charge in [0, 0.05) is 11.6 Å². The summed E-state index contributed by atoms with van der Waals surface area (Å²) >= 11 is 0. The fraction of sp³-hybridized carbons (Fsp3) is 0.500. The van der Waals surface area contributed by atoms with Gasteiger partial charge in [0.15, 0.2) is 0 Å². The second-order valence-electron chi connectivity index (χ2n) is 5.58. The van der Waals surface area contributed by atoms with Crippen LogP contribution in [-0.2, 0) is 10.0 Å². The largest absolute Gasteiger partial charge is 0.349 e. The summed E-state index contributed by atoms with van der Waals surface area (Å²) in [5, 5.41) is 8.10. The van der Waals surface area contributed by atoms with Gasteiger partial charge in [0.1, 0.15) is 0 Å². The Morgan fingerprint density at radius 3 is 2.40 bits per heavy atom. The third kappa shape index (κ3) is 3.19. The molecular formula is C14H20N2O3S.